The van der Waals surface area contributed by atoms with Gasteiger partial charge in [-0.25, -0.2) is 8.78 Å². The number of carbonyl (C=O) groups is 1. The number of nitrogens with zero attached hydrogens (tertiary/aromatic N) is 2. The first-order valence-electron chi connectivity index (χ1n) is 6.57. The molecule has 1 fully saturated rings. The molecule has 1 heterocycles. The first kappa shape index (κ1) is 14.9. The van der Waals surface area contributed by atoms with Crippen molar-refractivity contribution in [2.24, 2.45) is 0 Å². The van der Waals surface area contributed by atoms with Crippen molar-refractivity contribution >= 4 is 5.91 Å². The third-order valence-corrected chi connectivity index (χ3v) is 3.43. The highest BCUT2D eigenvalue weighted by Crippen LogP contribution is 2.14. The van der Waals surface area contributed by atoms with Gasteiger partial charge in [-0.05, 0) is 12.1 Å². The normalized spacial score (nSPS) is 16.4. The molecule has 0 atom stereocenters. The van der Waals surface area contributed by atoms with Crippen LogP contribution in [0, 0.1) is 11.6 Å². The van der Waals surface area contributed by atoms with Crippen LogP contribution in [-0.4, -0.2) is 62.1 Å². The van der Waals surface area contributed by atoms with Crippen LogP contribution in [0.15, 0.2) is 18.2 Å². The topological polar surface area (TPSA) is 32.8 Å². The minimum Gasteiger partial charge on any atom is -0.383 e. The maximum absolute atomic E-state index is 13.6. The van der Waals surface area contributed by atoms with Crippen LogP contribution < -0.4 is 0 Å². The van der Waals surface area contributed by atoms with Crippen molar-refractivity contribution in [2.45, 2.75) is 0 Å². The third-order valence-electron chi connectivity index (χ3n) is 3.43. The number of benzene rings is 1. The van der Waals surface area contributed by atoms with Gasteiger partial charge >= 0.3 is 0 Å². The fourth-order valence-electron chi connectivity index (χ4n) is 2.23. The molecule has 20 heavy (non-hydrogen) atoms. The summed E-state index contributed by atoms with van der Waals surface area (Å²) in [5.41, 5.74) is -0.0725. The van der Waals surface area contributed by atoms with E-state index in [1.807, 2.05) is 0 Å². The molecule has 1 aromatic carbocycles. The number of hydrogen-bond acceptors (Lipinski definition) is 3. The van der Waals surface area contributed by atoms with E-state index in [1.54, 1.807) is 12.0 Å². The average molecular weight is 284 g/mol. The number of ether oxygens (including phenoxy) is 1. The second-order valence-electron chi connectivity index (χ2n) is 4.75. The zero-order chi connectivity index (χ0) is 14.5. The van der Waals surface area contributed by atoms with Gasteiger partial charge in [-0.2, -0.15) is 0 Å². The Morgan fingerprint density at radius 3 is 2.55 bits per heavy atom. The van der Waals surface area contributed by atoms with Crippen molar-refractivity contribution in [3.8, 4) is 0 Å². The van der Waals surface area contributed by atoms with Crippen molar-refractivity contribution in [1.82, 2.24) is 9.80 Å². The van der Waals surface area contributed by atoms with E-state index in [4.69, 9.17) is 4.74 Å². The molecule has 0 N–H and O–H groups in total. The Balaban J connectivity index is 1.94. The van der Waals surface area contributed by atoms with Gasteiger partial charge < -0.3 is 9.64 Å². The van der Waals surface area contributed by atoms with E-state index < -0.39 is 11.6 Å². The van der Waals surface area contributed by atoms with Gasteiger partial charge in [0.15, 0.2) is 0 Å². The molecule has 0 unspecified atom stereocenters. The molecule has 0 saturated carbocycles. The molecule has 0 bridgehead atoms. The molecule has 1 aliphatic heterocycles. The van der Waals surface area contributed by atoms with Crippen LogP contribution in [0.4, 0.5) is 8.78 Å². The highest BCUT2D eigenvalue weighted by Gasteiger charge is 2.23. The Bertz CT molecular complexity index is 474. The Labute approximate surface area is 116 Å². The predicted molar refractivity (Wildman–Crippen MR) is 70.6 cm³/mol. The molecule has 0 spiro atoms. The summed E-state index contributed by atoms with van der Waals surface area (Å²) < 4.78 is 31.4. The molecular weight excluding hydrogens is 266 g/mol. The molecule has 1 amide bonds. The molecule has 6 heteroatoms. The lowest BCUT2D eigenvalue weighted by Crippen LogP contribution is -2.49. The Morgan fingerprint density at radius 1 is 1.25 bits per heavy atom. The van der Waals surface area contributed by atoms with E-state index in [0.717, 1.165) is 31.8 Å². The molecule has 2 rings (SSSR count). The first-order chi connectivity index (χ1) is 9.61. The lowest BCUT2D eigenvalue weighted by atomic mass is 10.1. The number of halogens is 2. The van der Waals surface area contributed by atoms with E-state index in [-0.39, 0.29) is 11.5 Å². The quantitative estimate of drug-likeness (QED) is 0.837. The summed E-state index contributed by atoms with van der Waals surface area (Å²) in [6.07, 6.45) is 0. The summed E-state index contributed by atoms with van der Waals surface area (Å²) in [5, 5.41) is 0. The van der Waals surface area contributed by atoms with Gasteiger partial charge in [0, 0.05) is 45.9 Å². The van der Waals surface area contributed by atoms with Gasteiger partial charge in [0.25, 0.3) is 5.91 Å². The highest BCUT2D eigenvalue weighted by molar-refractivity contribution is 5.94. The van der Waals surface area contributed by atoms with Gasteiger partial charge in [0.05, 0.1) is 12.2 Å². The summed E-state index contributed by atoms with van der Waals surface area (Å²) in [5.74, 6) is -1.87. The third kappa shape index (κ3) is 3.52. The number of methoxy groups -OCH3 is 1. The molecule has 0 aromatic heterocycles. The van der Waals surface area contributed by atoms with Crippen LogP contribution in [0.25, 0.3) is 0 Å². The second-order valence-corrected chi connectivity index (χ2v) is 4.75. The van der Waals surface area contributed by atoms with Crippen LogP contribution in [0.2, 0.25) is 0 Å². The Hall–Kier alpha value is -1.53. The fraction of sp³-hybridized carbons (Fsp3) is 0.500. The van der Waals surface area contributed by atoms with E-state index in [0.29, 0.717) is 19.7 Å². The SMILES string of the molecule is COCCN1CCN(C(=O)c2ccc(F)cc2F)CC1. The molecule has 1 saturated heterocycles. The van der Waals surface area contributed by atoms with Crippen molar-refractivity contribution < 1.29 is 18.3 Å². The minimum absolute atomic E-state index is 0.0725. The largest absolute Gasteiger partial charge is 0.383 e. The predicted octanol–water partition coefficient (Wildman–Crippen LogP) is 1.37. The number of rotatable bonds is 4. The smallest absolute Gasteiger partial charge is 0.256 e. The van der Waals surface area contributed by atoms with Crippen LogP contribution in [-0.2, 0) is 4.74 Å². The van der Waals surface area contributed by atoms with E-state index in [1.165, 1.54) is 6.07 Å². The van der Waals surface area contributed by atoms with Crippen LogP contribution in [0.3, 0.4) is 0 Å². The van der Waals surface area contributed by atoms with Gasteiger partial charge in [-0.1, -0.05) is 0 Å². The van der Waals surface area contributed by atoms with Gasteiger partial charge in [-0.3, -0.25) is 9.69 Å². The van der Waals surface area contributed by atoms with Crippen LogP contribution >= 0.6 is 0 Å². The molecule has 0 aliphatic carbocycles. The first-order valence-corrected chi connectivity index (χ1v) is 6.57. The lowest BCUT2D eigenvalue weighted by Gasteiger charge is -2.34. The van der Waals surface area contributed by atoms with Crippen molar-refractivity contribution in [3.63, 3.8) is 0 Å². The zero-order valence-corrected chi connectivity index (χ0v) is 11.4. The standard InChI is InChI=1S/C14H18F2N2O2/c1-20-9-8-17-4-6-18(7-5-17)14(19)12-3-2-11(15)10-13(12)16/h2-3,10H,4-9H2,1H3. The minimum atomic E-state index is -0.809. The summed E-state index contributed by atoms with van der Waals surface area (Å²) in [4.78, 5) is 16.0. The van der Waals surface area contributed by atoms with E-state index in [2.05, 4.69) is 4.90 Å². The van der Waals surface area contributed by atoms with Crippen molar-refractivity contribution in [1.29, 1.82) is 0 Å². The van der Waals surface area contributed by atoms with Crippen LogP contribution in [0.1, 0.15) is 10.4 Å². The summed E-state index contributed by atoms with van der Waals surface area (Å²) >= 11 is 0. The number of piperazine rings is 1. The average Bonchev–Trinajstić information content (AvgIpc) is 2.45. The second kappa shape index (κ2) is 6.76. The fourth-order valence-corrected chi connectivity index (χ4v) is 2.23. The van der Waals surface area contributed by atoms with Gasteiger partial charge in [-0.15, -0.1) is 0 Å². The van der Waals surface area contributed by atoms with Crippen LogP contribution in [0.5, 0.6) is 0 Å². The maximum Gasteiger partial charge on any atom is 0.256 e. The number of amides is 1. The number of carbonyl (C=O) groups excluding carboxylic acids is 1. The molecular formula is C14H18F2N2O2. The molecule has 4 nitrogen and oxygen atoms in total. The molecule has 1 aromatic rings. The lowest BCUT2D eigenvalue weighted by molar-refractivity contribution is 0.0590. The molecule has 110 valence electrons. The van der Waals surface area contributed by atoms with Crippen molar-refractivity contribution in [3.05, 3.63) is 35.4 Å². The Morgan fingerprint density at radius 2 is 1.95 bits per heavy atom. The van der Waals surface area contributed by atoms with E-state index in [9.17, 15) is 13.6 Å². The maximum atomic E-state index is 13.6. The summed E-state index contributed by atoms with van der Waals surface area (Å²) in [7, 11) is 1.65. The monoisotopic (exact) mass is 284 g/mol. The molecule has 0 radical (unpaired) electrons. The van der Waals surface area contributed by atoms with E-state index >= 15 is 0 Å². The molecule has 1 aliphatic rings. The number of hydrogen-bond donors (Lipinski definition) is 0. The Kier molecular flexibility index (Phi) is 5.03. The zero-order valence-electron chi connectivity index (χ0n) is 11.4. The van der Waals surface area contributed by atoms with Gasteiger partial charge in [0.1, 0.15) is 11.6 Å². The van der Waals surface area contributed by atoms with Gasteiger partial charge in [0.2, 0.25) is 0 Å². The van der Waals surface area contributed by atoms with Crippen molar-refractivity contribution in [2.75, 3.05) is 46.4 Å². The summed E-state index contributed by atoms with van der Waals surface area (Å²) in [6.45, 7) is 4.03. The summed E-state index contributed by atoms with van der Waals surface area (Å²) in [6, 6.07) is 3.04. The highest BCUT2D eigenvalue weighted by atomic mass is 19.1.